The number of anilines is 1. The van der Waals surface area contributed by atoms with Crippen molar-refractivity contribution in [3.63, 3.8) is 0 Å². The van der Waals surface area contributed by atoms with Crippen molar-refractivity contribution in [2.24, 2.45) is 0 Å². The summed E-state index contributed by atoms with van der Waals surface area (Å²) in [6.07, 6.45) is 3.49. The molecule has 0 aromatic carbocycles. The van der Waals surface area contributed by atoms with Crippen molar-refractivity contribution in [3.05, 3.63) is 17.8 Å². The first-order valence-corrected chi connectivity index (χ1v) is 7.96. The maximum Gasteiger partial charge on any atom is 0.317 e. The molecule has 3 rings (SSSR count). The van der Waals surface area contributed by atoms with E-state index in [4.69, 9.17) is 5.11 Å². The molecule has 1 aliphatic carbocycles. The largest absolute Gasteiger partial charge is 0.480 e. The number of aromatic nitrogens is 2. The van der Waals surface area contributed by atoms with E-state index in [1.165, 1.54) is 0 Å². The summed E-state index contributed by atoms with van der Waals surface area (Å²) in [7, 11) is 0. The van der Waals surface area contributed by atoms with Crippen molar-refractivity contribution in [2.75, 3.05) is 18.4 Å². The first-order chi connectivity index (χ1) is 10.2. The van der Waals surface area contributed by atoms with Crippen LogP contribution in [0.15, 0.2) is 17.8 Å². The summed E-state index contributed by atoms with van der Waals surface area (Å²) in [6, 6.07) is 2.70. The number of fused-ring (bicyclic) bond motifs is 1. The lowest BCUT2D eigenvalue weighted by Gasteiger charge is -2.42. The second-order valence-electron chi connectivity index (χ2n) is 5.28. The Labute approximate surface area is 126 Å². The van der Waals surface area contributed by atoms with Crippen LogP contribution in [-0.4, -0.2) is 51.1 Å². The number of carboxylic acid groups (broad SMARTS) is 1. The number of nitrogens with zero attached hydrogens (tertiary/aromatic N) is 3. The maximum absolute atomic E-state index is 10.8. The Morgan fingerprint density at radius 2 is 2.33 bits per heavy atom. The van der Waals surface area contributed by atoms with Gasteiger partial charge in [-0.3, -0.25) is 9.69 Å². The first kappa shape index (κ1) is 14.2. The van der Waals surface area contributed by atoms with Gasteiger partial charge in [0.1, 0.15) is 12.1 Å². The number of carboxylic acids is 1. The van der Waals surface area contributed by atoms with Gasteiger partial charge in [-0.25, -0.2) is 9.97 Å². The highest BCUT2D eigenvalue weighted by Crippen LogP contribution is 2.31. The van der Waals surface area contributed by atoms with Gasteiger partial charge in [0.15, 0.2) is 0 Å². The third-order valence-corrected chi connectivity index (χ3v) is 4.87. The highest BCUT2D eigenvalue weighted by Gasteiger charge is 2.34. The van der Waals surface area contributed by atoms with Gasteiger partial charge in [-0.15, -0.1) is 11.3 Å². The van der Waals surface area contributed by atoms with E-state index in [1.54, 1.807) is 17.7 Å². The van der Waals surface area contributed by atoms with Gasteiger partial charge in [0.25, 0.3) is 0 Å². The highest BCUT2D eigenvalue weighted by molar-refractivity contribution is 7.17. The van der Waals surface area contributed by atoms with Crippen LogP contribution >= 0.6 is 11.3 Å². The van der Waals surface area contributed by atoms with E-state index in [1.807, 2.05) is 23.3 Å². The van der Waals surface area contributed by atoms with Crippen molar-refractivity contribution in [2.45, 2.75) is 31.8 Å². The summed E-state index contributed by atoms with van der Waals surface area (Å²) in [5.41, 5.74) is 0.967. The number of hydrogen-bond donors (Lipinski definition) is 2. The molecule has 0 spiro atoms. The summed E-state index contributed by atoms with van der Waals surface area (Å²) < 4.78 is 1.08. The quantitative estimate of drug-likeness (QED) is 0.850. The molecular formula is C14H18N4O2S. The van der Waals surface area contributed by atoms with Gasteiger partial charge in [0.2, 0.25) is 0 Å². The minimum atomic E-state index is -0.760. The van der Waals surface area contributed by atoms with Crippen LogP contribution in [0.1, 0.15) is 19.8 Å². The van der Waals surface area contributed by atoms with Gasteiger partial charge in [-0.05, 0) is 30.8 Å². The zero-order valence-electron chi connectivity index (χ0n) is 11.8. The molecule has 7 heteroatoms. The molecule has 2 N–H and O–H groups in total. The SMILES string of the molecule is CCN(CC(=O)O)C1CC(Nc2ncnc3ccsc23)C1. The van der Waals surface area contributed by atoms with E-state index in [9.17, 15) is 4.79 Å². The Morgan fingerprint density at radius 3 is 3.05 bits per heavy atom. The molecule has 21 heavy (non-hydrogen) atoms. The van der Waals surface area contributed by atoms with Crippen LogP contribution < -0.4 is 5.32 Å². The molecule has 0 saturated heterocycles. The number of hydrogen-bond acceptors (Lipinski definition) is 6. The van der Waals surface area contributed by atoms with E-state index in [2.05, 4.69) is 15.3 Å². The molecular weight excluding hydrogens is 288 g/mol. The highest BCUT2D eigenvalue weighted by atomic mass is 32.1. The summed E-state index contributed by atoms with van der Waals surface area (Å²) in [5, 5.41) is 14.4. The number of nitrogens with one attached hydrogen (secondary N) is 1. The first-order valence-electron chi connectivity index (χ1n) is 7.08. The molecule has 0 aliphatic heterocycles. The molecule has 0 amide bonds. The third-order valence-electron chi connectivity index (χ3n) is 3.96. The molecule has 0 bridgehead atoms. The molecule has 112 valence electrons. The summed E-state index contributed by atoms with van der Waals surface area (Å²) in [4.78, 5) is 21.4. The Balaban J connectivity index is 1.59. The van der Waals surface area contributed by atoms with Crippen molar-refractivity contribution in [1.82, 2.24) is 14.9 Å². The minimum Gasteiger partial charge on any atom is -0.480 e. The topological polar surface area (TPSA) is 78.4 Å². The molecule has 0 atom stereocenters. The standard InChI is InChI=1S/C14H18N4O2S/c1-2-18(7-12(19)20)10-5-9(6-10)17-14-13-11(3-4-21-13)15-8-16-14/h3-4,8-10H,2,5-7H2,1H3,(H,19,20)(H,15,16,17). The fourth-order valence-corrected chi connectivity index (χ4v) is 3.56. The summed E-state index contributed by atoms with van der Waals surface area (Å²) in [5.74, 6) is 0.129. The molecule has 2 heterocycles. The second kappa shape index (κ2) is 5.95. The summed E-state index contributed by atoms with van der Waals surface area (Å²) >= 11 is 1.63. The number of rotatable bonds is 6. The van der Waals surface area contributed by atoms with Crippen LogP contribution in [0, 0.1) is 0 Å². The molecule has 2 aromatic rings. The van der Waals surface area contributed by atoms with E-state index >= 15 is 0 Å². The lowest BCUT2D eigenvalue weighted by atomic mass is 9.85. The Bertz CT molecular complexity index is 639. The average Bonchev–Trinajstić information content (AvgIpc) is 2.89. The van der Waals surface area contributed by atoms with E-state index < -0.39 is 5.97 Å². The van der Waals surface area contributed by atoms with Gasteiger partial charge >= 0.3 is 5.97 Å². The molecule has 1 aliphatic rings. The van der Waals surface area contributed by atoms with Crippen molar-refractivity contribution >= 4 is 33.3 Å². The fraction of sp³-hybridized carbons (Fsp3) is 0.500. The lowest BCUT2D eigenvalue weighted by Crippen LogP contribution is -2.51. The van der Waals surface area contributed by atoms with Gasteiger partial charge in [-0.2, -0.15) is 0 Å². The monoisotopic (exact) mass is 306 g/mol. The van der Waals surface area contributed by atoms with E-state index in [0.717, 1.165) is 35.4 Å². The van der Waals surface area contributed by atoms with Crippen LogP contribution in [0.4, 0.5) is 5.82 Å². The molecule has 1 saturated carbocycles. The number of carbonyl (C=O) groups is 1. The fourth-order valence-electron chi connectivity index (χ4n) is 2.76. The van der Waals surface area contributed by atoms with Gasteiger partial charge in [0.05, 0.1) is 16.8 Å². The smallest absolute Gasteiger partial charge is 0.317 e. The normalized spacial score (nSPS) is 21.4. The average molecular weight is 306 g/mol. The zero-order chi connectivity index (χ0) is 14.8. The van der Waals surface area contributed by atoms with Gasteiger partial charge < -0.3 is 10.4 Å². The van der Waals surface area contributed by atoms with Crippen LogP contribution in [-0.2, 0) is 4.79 Å². The van der Waals surface area contributed by atoms with Crippen molar-refractivity contribution < 1.29 is 9.90 Å². The van der Waals surface area contributed by atoms with Crippen LogP contribution in [0.2, 0.25) is 0 Å². The van der Waals surface area contributed by atoms with Crippen LogP contribution in [0.3, 0.4) is 0 Å². The summed E-state index contributed by atoms with van der Waals surface area (Å²) in [6.45, 7) is 2.90. The predicted molar refractivity (Wildman–Crippen MR) is 82.7 cm³/mol. The van der Waals surface area contributed by atoms with Gasteiger partial charge in [0, 0.05) is 12.1 Å². The third kappa shape index (κ3) is 2.98. The molecule has 1 fully saturated rings. The minimum absolute atomic E-state index is 0.122. The number of likely N-dealkylation sites (N-methyl/N-ethyl adjacent to an activating group) is 1. The van der Waals surface area contributed by atoms with Crippen molar-refractivity contribution in [3.8, 4) is 0 Å². The Morgan fingerprint density at radius 1 is 1.52 bits per heavy atom. The Hall–Kier alpha value is -1.73. The lowest BCUT2D eigenvalue weighted by molar-refractivity contribution is -0.139. The molecule has 0 unspecified atom stereocenters. The molecule has 6 nitrogen and oxygen atoms in total. The van der Waals surface area contributed by atoms with Crippen LogP contribution in [0.25, 0.3) is 10.2 Å². The molecule has 2 aromatic heterocycles. The zero-order valence-corrected chi connectivity index (χ0v) is 12.6. The molecule has 0 radical (unpaired) electrons. The van der Waals surface area contributed by atoms with Crippen molar-refractivity contribution in [1.29, 1.82) is 0 Å². The maximum atomic E-state index is 10.8. The van der Waals surface area contributed by atoms with E-state index in [-0.39, 0.29) is 6.54 Å². The van der Waals surface area contributed by atoms with E-state index in [0.29, 0.717) is 12.1 Å². The van der Waals surface area contributed by atoms with Crippen LogP contribution in [0.5, 0.6) is 0 Å². The van der Waals surface area contributed by atoms with Gasteiger partial charge in [-0.1, -0.05) is 6.92 Å². The number of aliphatic carboxylic acids is 1. The Kier molecular flexibility index (Phi) is 4.03. The number of thiophene rings is 1. The second-order valence-corrected chi connectivity index (χ2v) is 6.20. The predicted octanol–water partition coefficient (Wildman–Crippen LogP) is 2.04.